The van der Waals surface area contributed by atoms with Crippen molar-refractivity contribution in [3.8, 4) is 6.07 Å². The second kappa shape index (κ2) is 9.48. The Morgan fingerprint density at radius 2 is 2.08 bits per heavy atom. The van der Waals surface area contributed by atoms with Gasteiger partial charge in [0.15, 0.2) is 0 Å². The maximum Gasteiger partial charge on any atom is 0.407 e. The van der Waals surface area contributed by atoms with Gasteiger partial charge in [-0.05, 0) is 40.2 Å². The van der Waals surface area contributed by atoms with Gasteiger partial charge in [-0.2, -0.15) is 5.26 Å². The predicted octanol–water partition coefficient (Wildman–Crippen LogP) is 1.74. The summed E-state index contributed by atoms with van der Waals surface area (Å²) in [4.78, 5) is 27.8. The Morgan fingerprint density at radius 3 is 2.71 bits per heavy atom. The van der Waals surface area contributed by atoms with Crippen LogP contribution in [0.3, 0.4) is 0 Å². The molecule has 1 unspecified atom stereocenters. The first-order chi connectivity index (χ1) is 11.2. The number of ether oxygens (including phenoxy) is 1. The Bertz CT molecular complexity index is 467. The Kier molecular flexibility index (Phi) is 7.99. The van der Waals surface area contributed by atoms with Crippen molar-refractivity contribution in [2.45, 2.75) is 58.1 Å². The van der Waals surface area contributed by atoms with Crippen LogP contribution in [-0.4, -0.2) is 66.7 Å². The van der Waals surface area contributed by atoms with E-state index < -0.39 is 11.7 Å². The number of carbonyl (C=O) groups excluding carboxylic acids is 2. The molecule has 7 nitrogen and oxygen atoms in total. The standard InChI is InChI=1S/C17H30N4O3/c1-17(2,3)24-16(23)19-12-14-8-5-6-11-21(14)13-15(22)20(4)10-7-9-18/h14H,5-8,10-13H2,1-4H3,(H,19,23). The minimum atomic E-state index is -0.518. The summed E-state index contributed by atoms with van der Waals surface area (Å²) in [7, 11) is 1.72. The molecule has 24 heavy (non-hydrogen) atoms. The number of hydrogen-bond acceptors (Lipinski definition) is 5. The fraction of sp³-hybridized carbons (Fsp3) is 0.824. The van der Waals surface area contributed by atoms with Crippen molar-refractivity contribution in [2.24, 2.45) is 0 Å². The SMILES string of the molecule is CN(CCC#N)C(=O)CN1CCCCC1CNC(=O)OC(C)(C)C. The van der Waals surface area contributed by atoms with E-state index in [0.29, 0.717) is 26.1 Å². The van der Waals surface area contributed by atoms with Gasteiger partial charge in [0.25, 0.3) is 0 Å². The molecule has 1 fully saturated rings. The van der Waals surface area contributed by atoms with Crippen LogP contribution >= 0.6 is 0 Å². The van der Waals surface area contributed by atoms with E-state index in [1.807, 2.05) is 26.8 Å². The summed E-state index contributed by atoms with van der Waals surface area (Å²) in [6.45, 7) is 7.58. The number of likely N-dealkylation sites (N-methyl/N-ethyl adjacent to an activating group) is 1. The molecule has 7 heteroatoms. The molecule has 2 amide bonds. The summed E-state index contributed by atoms with van der Waals surface area (Å²) < 4.78 is 5.25. The lowest BCUT2D eigenvalue weighted by molar-refractivity contribution is -0.132. The van der Waals surface area contributed by atoms with Crippen LogP contribution < -0.4 is 5.32 Å². The molecule has 1 aliphatic rings. The second-order valence-electron chi connectivity index (χ2n) is 7.23. The molecule has 1 saturated heterocycles. The van der Waals surface area contributed by atoms with Crippen LogP contribution in [0.4, 0.5) is 4.79 Å². The maximum absolute atomic E-state index is 12.3. The molecule has 0 aromatic rings. The summed E-state index contributed by atoms with van der Waals surface area (Å²) in [6.07, 6.45) is 3.01. The molecule has 1 heterocycles. The van der Waals surface area contributed by atoms with Crippen molar-refractivity contribution < 1.29 is 14.3 Å². The molecular formula is C17H30N4O3. The van der Waals surface area contributed by atoms with Gasteiger partial charge in [0.1, 0.15) is 5.60 Å². The number of piperidine rings is 1. The number of nitrogens with one attached hydrogen (secondary N) is 1. The summed E-state index contributed by atoms with van der Waals surface area (Å²) >= 11 is 0. The molecule has 0 saturated carbocycles. The van der Waals surface area contributed by atoms with Crippen molar-refractivity contribution in [1.82, 2.24) is 15.1 Å². The van der Waals surface area contributed by atoms with Crippen molar-refractivity contribution >= 4 is 12.0 Å². The third-order valence-corrected chi connectivity index (χ3v) is 3.95. The number of alkyl carbamates (subject to hydrolysis) is 1. The zero-order valence-corrected chi connectivity index (χ0v) is 15.3. The highest BCUT2D eigenvalue weighted by Crippen LogP contribution is 2.17. The fourth-order valence-electron chi connectivity index (χ4n) is 2.65. The normalized spacial score (nSPS) is 18.5. The number of carbonyl (C=O) groups is 2. The third-order valence-electron chi connectivity index (χ3n) is 3.95. The van der Waals surface area contributed by atoms with E-state index in [0.717, 1.165) is 25.8 Å². The van der Waals surface area contributed by atoms with E-state index in [1.165, 1.54) is 0 Å². The number of nitrogens with zero attached hydrogens (tertiary/aromatic N) is 3. The average molecular weight is 338 g/mol. The van der Waals surface area contributed by atoms with E-state index >= 15 is 0 Å². The van der Waals surface area contributed by atoms with Crippen molar-refractivity contribution in [1.29, 1.82) is 5.26 Å². The van der Waals surface area contributed by atoms with Crippen LogP contribution in [0.25, 0.3) is 0 Å². The fourth-order valence-corrected chi connectivity index (χ4v) is 2.65. The Balaban J connectivity index is 2.48. The smallest absolute Gasteiger partial charge is 0.407 e. The number of rotatable bonds is 6. The van der Waals surface area contributed by atoms with Gasteiger partial charge in [-0.1, -0.05) is 6.42 Å². The maximum atomic E-state index is 12.3. The highest BCUT2D eigenvalue weighted by molar-refractivity contribution is 5.78. The summed E-state index contributed by atoms with van der Waals surface area (Å²) in [5.41, 5.74) is -0.518. The van der Waals surface area contributed by atoms with Crippen LogP contribution in [0.5, 0.6) is 0 Å². The molecule has 1 atom stereocenters. The van der Waals surface area contributed by atoms with Gasteiger partial charge in [-0.15, -0.1) is 0 Å². The molecular weight excluding hydrogens is 308 g/mol. The molecule has 1 aliphatic heterocycles. The minimum absolute atomic E-state index is 0.00872. The first-order valence-corrected chi connectivity index (χ1v) is 8.54. The molecule has 0 spiro atoms. The highest BCUT2D eigenvalue weighted by atomic mass is 16.6. The number of nitriles is 1. The van der Waals surface area contributed by atoms with E-state index in [9.17, 15) is 9.59 Å². The van der Waals surface area contributed by atoms with Crippen molar-refractivity contribution in [2.75, 3.05) is 33.2 Å². The summed E-state index contributed by atoms with van der Waals surface area (Å²) in [5, 5.41) is 11.4. The Labute approximate surface area is 144 Å². The third kappa shape index (κ3) is 7.64. The van der Waals surface area contributed by atoms with Crippen molar-refractivity contribution in [3.63, 3.8) is 0 Å². The minimum Gasteiger partial charge on any atom is -0.444 e. The topological polar surface area (TPSA) is 85.7 Å². The molecule has 0 aliphatic carbocycles. The number of amides is 2. The molecule has 1 N–H and O–H groups in total. The molecule has 0 bridgehead atoms. The summed E-state index contributed by atoms with van der Waals surface area (Å²) in [5.74, 6) is 0.00872. The molecule has 136 valence electrons. The van der Waals surface area contributed by atoms with Crippen LogP contribution in [0.15, 0.2) is 0 Å². The molecule has 1 rings (SSSR count). The summed E-state index contributed by atoms with van der Waals surface area (Å²) in [6, 6.07) is 2.19. The Hall–Kier alpha value is -1.81. The van der Waals surface area contributed by atoms with Gasteiger partial charge in [0.05, 0.1) is 19.0 Å². The van der Waals surface area contributed by atoms with Crippen molar-refractivity contribution in [3.05, 3.63) is 0 Å². The van der Waals surface area contributed by atoms with Gasteiger partial charge in [0.2, 0.25) is 5.91 Å². The first kappa shape index (κ1) is 20.2. The lowest BCUT2D eigenvalue weighted by Gasteiger charge is -2.36. The lowest BCUT2D eigenvalue weighted by atomic mass is 10.0. The van der Waals surface area contributed by atoms with Crippen LogP contribution in [0.2, 0.25) is 0 Å². The van der Waals surface area contributed by atoms with Gasteiger partial charge in [-0.3, -0.25) is 9.69 Å². The molecule has 0 radical (unpaired) electrons. The van der Waals surface area contributed by atoms with E-state index in [4.69, 9.17) is 10.00 Å². The largest absolute Gasteiger partial charge is 0.444 e. The van der Waals surface area contributed by atoms with E-state index in [2.05, 4.69) is 10.2 Å². The van der Waals surface area contributed by atoms with Crippen LogP contribution in [0.1, 0.15) is 46.5 Å². The molecule has 0 aromatic heterocycles. The monoisotopic (exact) mass is 338 g/mol. The first-order valence-electron chi connectivity index (χ1n) is 8.54. The number of likely N-dealkylation sites (tertiary alicyclic amines) is 1. The quantitative estimate of drug-likeness (QED) is 0.797. The van der Waals surface area contributed by atoms with Gasteiger partial charge in [0, 0.05) is 26.2 Å². The van der Waals surface area contributed by atoms with Gasteiger partial charge in [-0.25, -0.2) is 4.79 Å². The van der Waals surface area contributed by atoms with Gasteiger partial charge < -0.3 is 15.0 Å². The Morgan fingerprint density at radius 1 is 1.38 bits per heavy atom. The van der Waals surface area contributed by atoms with E-state index in [-0.39, 0.29) is 11.9 Å². The zero-order valence-electron chi connectivity index (χ0n) is 15.3. The molecule has 0 aromatic carbocycles. The van der Waals surface area contributed by atoms with E-state index in [1.54, 1.807) is 11.9 Å². The number of hydrogen-bond donors (Lipinski definition) is 1. The lowest BCUT2D eigenvalue weighted by Crippen LogP contribution is -2.50. The second-order valence-corrected chi connectivity index (χ2v) is 7.23. The van der Waals surface area contributed by atoms with Crippen LogP contribution in [-0.2, 0) is 9.53 Å². The highest BCUT2D eigenvalue weighted by Gasteiger charge is 2.26. The average Bonchev–Trinajstić information content (AvgIpc) is 2.50. The van der Waals surface area contributed by atoms with Gasteiger partial charge >= 0.3 is 6.09 Å². The van der Waals surface area contributed by atoms with Crippen LogP contribution in [0, 0.1) is 11.3 Å². The predicted molar refractivity (Wildman–Crippen MR) is 91.3 cm³/mol. The zero-order chi connectivity index (χ0) is 18.2.